The van der Waals surface area contributed by atoms with Gasteiger partial charge in [0.2, 0.25) is 5.91 Å². The molecule has 1 aromatic rings. The SMILES string of the molecule is N#CCCC1(CCC#N)C(=O)NC(=O)N(c2ccccc2)C1=O. The van der Waals surface area contributed by atoms with E-state index in [9.17, 15) is 14.4 Å². The van der Waals surface area contributed by atoms with E-state index in [0.717, 1.165) is 4.90 Å². The Bertz CT molecular complexity index is 697. The smallest absolute Gasteiger partial charge is 0.276 e. The molecule has 1 aliphatic rings. The maximum absolute atomic E-state index is 12.9. The summed E-state index contributed by atoms with van der Waals surface area (Å²) < 4.78 is 0. The molecule has 0 atom stereocenters. The Balaban J connectivity index is 2.46. The van der Waals surface area contributed by atoms with E-state index >= 15 is 0 Å². The van der Waals surface area contributed by atoms with Crippen molar-refractivity contribution in [2.75, 3.05) is 4.90 Å². The van der Waals surface area contributed by atoms with Gasteiger partial charge >= 0.3 is 6.03 Å². The molecule has 1 saturated heterocycles. The lowest BCUT2D eigenvalue weighted by molar-refractivity contribution is -0.143. The summed E-state index contributed by atoms with van der Waals surface area (Å²) in [6, 6.07) is 11.2. The van der Waals surface area contributed by atoms with Crippen LogP contribution in [0, 0.1) is 28.1 Å². The van der Waals surface area contributed by atoms with Crippen LogP contribution in [0.3, 0.4) is 0 Å². The quantitative estimate of drug-likeness (QED) is 0.834. The molecule has 1 aliphatic heterocycles. The number of nitrogens with zero attached hydrogens (tertiary/aromatic N) is 3. The molecule has 4 amide bonds. The van der Waals surface area contributed by atoms with Gasteiger partial charge in [0.15, 0.2) is 0 Å². The molecule has 0 spiro atoms. The van der Waals surface area contributed by atoms with Crippen molar-refractivity contribution in [3.05, 3.63) is 30.3 Å². The number of hydrogen-bond acceptors (Lipinski definition) is 5. The molecule has 0 radical (unpaired) electrons. The van der Waals surface area contributed by atoms with Crippen LogP contribution in [-0.4, -0.2) is 17.8 Å². The fourth-order valence-electron chi connectivity index (χ4n) is 2.59. The number of nitrogens with one attached hydrogen (secondary N) is 1. The Morgan fingerprint density at radius 1 is 1.00 bits per heavy atom. The van der Waals surface area contributed by atoms with Crippen LogP contribution in [0.15, 0.2) is 30.3 Å². The number of urea groups is 1. The van der Waals surface area contributed by atoms with Gasteiger partial charge in [0.25, 0.3) is 5.91 Å². The molecule has 0 unspecified atom stereocenters. The van der Waals surface area contributed by atoms with E-state index in [4.69, 9.17) is 10.5 Å². The van der Waals surface area contributed by atoms with Crippen molar-refractivity contribution in [1.29, 1.82) is 10.5 Å². The van der Waals surface area contributed by atoms with Gasteiger partial charge in [0.1, 0.15) is 5.41 Å². The first-order valence-corrected chi connectivity index (χ1v) is 7.06. The molecule has 0 aliphatic carbocycles. The molecule has 1 N–H and O–H groups in total. The average Bonchev–Trinajstić information content (AvgIpc) is 2.55. The number of carbonyl (C=O) groups excluding carboxylic acids is 3. The van der Waals surface area contributed by atoms with Gasteiger partial charge in [0.05, 0.1) is 17.8 Å². The number of amides is 4. The predicted octanol–water partition coefficient (Wildman–Crippen LogP) is 1.86. The number of para-hydroxylation sites is 1. The Morgan fingerprint density at radius 3 is 2.09 bits per heavy atom. The van der Waals surface area contributed by atoms with E-state index in [0.29, 0.717) is 5.69 Å². The van der Waals surface area contributed by atoms with Crippen molar-refractivity contribution >= 4 is 23.5 Å². The monoisotopic (exact) mass is 310 g/mol. The van der Waals surface area contributed by atoms with Gasteiger partial charge in [-0.05, 0) is 25.0 Å². The first kappa shape index (κ1) is 16.2. The van der Waals surface area contributed by atoms with Crippen LogP contribution in [0.4, 0.5) is 10.5 Å². The van der Waals surface area contributed by atoms with E-state index in [2.05, 4.69) is 5.32 Å². The predicted molar refractivity (Wildman–Crippen MR) is 79.6 cm³/mol. The van der Waals surface area contributed by atoms with E-state index in [1.165, 1.54) is 0 Å². The third-order valence-electron chi connectivity index (χ3n) is 3.81. The molecule has 1 fully saturated rings. The molecule has 1 heterocycles. The number of nitriles is 2. The summed E-state index contributed by atoms with van der Waals surface area (Å²) in [5.41, 5.74) is -1.24. The molecule has 1 aromatic carbocycles. The fraction of sp³-hybridized carbons (Fsp3) is 0.312. The summed E-state index contributed by atoms with van der Waals surface area (Å²) >= 11 is 0. The number of imide groups is 2. The largest absolute Gasteiger partial charge is 0.335 e. The Hall–Kier alpha value is -3.19. The van der Waals surface area contributed by atoms with Crippen LogP contribution in [0.5, 0.6) is 0 Å². The van der Waals surface area contributed by atoms with Crippen LogP contribution in [0.25, 0.3) is 0 Å². The topological polar surface area (TPSA) is 114 Å². The zero-order valence-corrected chi connectivity index (χ0v) is 12.3. The van der Waals surface area contributed by atoms with Crippen LogP contribution < -0.4 is 10.2 Å². The highest BCUT2D eigenvalue weighted by atomic mass is 16.2. The van der Waals surface area contributed by atoms with Crippen molar-refractivity contribution in [2.24, 2.45) is 5.41 Å². The summed E-state index contributed by atoms with van der Waals surface area (Å²) in [5, 5.41) is 19.8. The lowest BCUT2D eigenvalue weighted by Crippen LogP contribution is -2.64. The van der Waals surface area contributed by atoms with Gasteiger partial charge in [-0.3, -0.25) is 14.9 Å². The molecular weight excluding hydrogens is 296 g/mol. The van der Waals surface area contributed by atoms with Gasteiger partial charge < -0.3 is 0 Å². The zero-order valence-electron chi connectivity index (χ0n) is 12.3. The average molecular weight is 310 g/mol. The van der Waals surface area contributed by atoms with E-state index in [1.54, 1.807) is 30.3 Å². The zero-order chi connectivity index (χ0) is 16.9. The number of carbonyl (C=O) groups is 3. The van der Waals surface area contributed by atoms with Crippen molar-refractivity contribution in [3.63, 3.8) is 0 Å². The molecule has 7 nitrogen and oxygen atoms in total. The van der Waals surface area contributed by atoms with Crippen LogP contribution in [0.2, 0.25) is 0 Å². The van der Waals surface area contributed by atoms with E-state index < -0.39 is 23.3 Å². The highest BCUT2D eigenvalue weighted by Crippen LogP contribution is 2.36. The third kappa shape index (κ3) is 2.90. The summed E-state index contributed by atoms with van der Waals surface area (Å²) in [5.74, 6) is -1.44. The first-order valence-electron chi connectivity index (χ1n) is 7.06. The van der Waals surface area contributed by atoms with Gasteiger partial charge in [-0.2, -0.15) is 10.5 Å². The molecule has 0 aromatic heterocycles. The number of anilines is 1. The summed E-state index contributed by atoms with van der Waals surface area (Å²) in [4.78, 5) is 38.2. The number of rotatable bonds is 5. The van der Waals surface area contributed by atoms with Gasteiger partial charge in [-0.25, -0.2) is 9.69 Å². The van der Waals surface area contributed by atoms with Crippen molar-refractivity contribution in [3.8, 4) is 12.1 Å². The fourth-order valence-corrected chi connectivity index (χ4v) is 2.59. The van der Waals surface area contributed by atoms with Gasteiger partial charge in [-0.15, -0.1) is 0 Å². The minimum atomic E-state index is -1.57. The highest BCUT2D eigenvalue weighted by Gasteiger charge is 2.53. The number of hydrogen-bond donors (Lipinski definition) is 1. The lowest BCUT2D eigenvalue weighted by atomic mass is 9.75. The maximum atomic E-state index is 12.9. The van der Waals surface area contributed by atoms with Gasteiger partial charge in [0, 0.05) is 12.8 Å². The summed E-state index contributed by atoms with van der Waals surface area (Å²) in [6.07, 6.45) is -0.123. The third-order valence-corrected chi connectivity index (χ3v) is 3.81. The second-order valence-corrected chi connectivity index (χ2v) is 5.13. The summed E-state index contributed by atoms with van der Waals surface area (Å²) in [6.45, 7) is 0. The molecule has 0 saturated carbocycles. The van der Waals surface area contributed by atoms with Crippen LogP contribution in [-0.2, 0) is 9.59 Å². The highest BCUT2D eigenvalue weighted by molar-refractivity contribution is 6.29. The van der Waals surface area contributed by atoms with Crippen molar-refractivity contribution < 1.29 is 14.4 Å². The minimum Gasteiger partial charge on any atom is -0.276 e. The van der Waals surface area contributed by atoms with E-state index in [-0.39, 0.29) is 25.7 Å². The molecule has 23 heavy (non-hydrogen) atoms. The lowest BCUT2D eigenvalue weighted by Gasteiger charge is -2.38. The molecule has 0 bridgehead atoms. The maximum Gasteiger partial charge on any atom is 0.335 e. The number of barbiturate groups is 1. The second kappa shape index (κ2) is 6.71. The minimum absolute atomic E-state index is 0.0264. The Kier molecular flexibility index (Phi) is 4.72. The Morgan fingerprint density at radius 2 is 1.57 bits per heavy atom. The Labute approximate surface area is 133 Å². The van der Waals surface area contributed by atoms with Crippen LogP contribution in [0.1, 0.15) is 25.7 Å². The first-order chi connectivity index (χ1) is 11.1. The van der Waals surface area contributed by atoms with Crippen molar-refractivity contribution in [1.82, 2.24) is 5.32 Å². The normalized spacial score (nSPS) is 16.4. The van der Waals surface area contributed by atoms with Crippen LogP contribution >= 0.6 is 0 Å². The number of benzene rings is 1. The van der Waals surface area contributed by atoms with E-state index in [1.807, 2.05) is 12.1 Å². The van der Waals surface area contributed by atoms with Crippen molar-refractivity contribution in [2.45, 2.75) is 25.7 Å². The molecule has 7 heteroatoms. The summed E-state index contributed by atoms with van der Waals surface area (Å²) in [7, 11) is 0. The second-order valence-electron chi connectivity index (χ2n) is 5.13. The molecule has 116 valence electrons. The molecular formula is C16H14N4O3. The van der Waals surface area contributed by atoms with Gasteiger partial charge in [-0.1, -0.05) is 18.2 Å². The molecule has 2 rings (SSSR count). The standard InChI is InChI=1S/C16H14N4O3/c17-10-4-8-16(9-5-11-18)13(21)19-15(23)20(14(16)22)12-6-2-1-3-7-12/h1-3,6-7H,4-5,8-9H2,(H,19,21,23).